The largest absolute Gasteiger partial charge is 0.416 e. The summed E-state index contributed by atoms with van der Waals surface area (Å²) in [4.78, 5) is 2.01. The maximum atomic E-state index is 12.9. The van der Waals surface area contributed by atoms with Gasteiger partial charge in [-0.05, 0) is 32.6 Å². The van der Waals surface area contributed by atoms with Crippen molar-refractivity contribution in [2.75, 3.05) is 40.4 Å². The molecule has 1 unspecified atom stereocenters. The third kappa shape index (κ3) is 6.46. The molecule has 0 amide bonds. The molecule has 0 fully saturated rings. The number of benzene rings is 1. The molecule has 1 N–H and O–H groups in total. The average Bonchev–Trinajstić information content (AvgIpc) is 2.41. The molecular formula is C15H23F3N2O. The van der Waals surface area contributed by atoms with Gasteiger partial charge in [0.05, 0.1) is 18.8 Å². The Balaban J connectivity index is 2.44. The number of likely N-dealkylation sites (N-methyl/N-ethyl adjacent to an activating group) is 1. The van der Waals surface area contributed by atoms with Crippen LogP contribution in [0.15, 0.2) is 24.3 Å². The molecule has 0 aromatic heterocycles. The van der Waals surface area contributed by atoms with Crippen LogP contribution in [0.2, 0.25) is 0 Å². The van der Waals surface area contributed by atoms with Gasteiger partial charge < -0.3 is 15.0 Å². The fourth-order valence-electron chi connectivity index (χ4n) is 1.94. The number of nitrogens with one attached hydrogen (secondary N) is 1. The van der Waals surface area contributed by atoms with Gasteiger partial charge in [0.15, 0.2) is 0 Å². The Morgan fingerprint density at radius 1 is 1.19 bits per heavy atom. The summed E-state index contributed by atoms with van der Waals surface area (Å²) >= 11 is 0. The van der Waals surface area contributed by atoms with Gasteiger partial charge in [-0.25, -0.2) is 0 Å². The molecular weight excluding hydrogens is 281 g/mol. The van der Waals surface area contributed by atoms with Crippen molar-refractivity contribution in [2.24, 2.45) is 0 Å². The Bertz CT molecular complexity index is 422. The lowest BCUT2D eigenvalue weighted by molar-refractivity contribution is -0.138. The highest BCUT2D eigenvalue weighted by Gasteiger charge is 2.33. The molecule has 0 saturated heterocycles. The van der Waals surface area contributed by atoms with E-state index in [4.69, 9.17) is 4.74 Å². The molecule has 120 valence electrons. The van der Waals surface area contributed by atoms with Gasteiger partial charge in [-0.1, -0.05) is 18.2 Å². The summed E-state index contributed by atoms with van der Waals surface area (Å²) in [5.41, 5.74) is -0.322. The first-order chi connectivity index (χ1) is 9.82. The van der Waals surface area contributed by atoms with Crippen LogP contribution in [0.5, 0.6) is 0 Å². The SMILES string of the molecule is CC(NCCOCCN(C)C)c1ccccc1C(F)(F)F. The lowest BCUT2D eigenvalue weighted by Crippen LogP contribution is -2.26. The van der Waals surface area contributed by atoms with Crippen molar-refractivity contribution >= 4 is 0 Å². The van der Waals surface area contributed by atoms with E-state index in [0.29, 0.717) is 19.8 Å². The van der Waals surface area contributed by atoms with E-state index in [0.717, 1.165) is 12.6 Å². The summed E-state index contributed by atoms with van der Waals surface area (Å²) < 4.78 is 44.1. The van der Waals surface area contributed by atoms with Gasteiger partial charge in [0.25, 0.3) is 0 Å². The molecule has 0 aliphatic carbocycles. The minimum Gasteiger partial charge on any atom is -0.379 e. The zero-order chi connectivity index (χ0) is 15.9. The van der Waals surface area contributed by atoms with Gasteiger partial charge >= 0.3 is 6.18 Å². The smallest absolute Gasteiger partial charge is 0.379 e. The Labute approximate surface area is 124 Å². The predicted octanol–water partition coefficient (Wildman–Crippen LogP) is 2.93. The van der Waals surface area contributed by atoms with Crippen molar-refractivity contribution in [1.29, 1.82) is 0 Å². The van der Waals surface area contributed by atoms with Crippen LogP contribution in [0.1, 0.15) is 24.1 Å². The van der Waals surface area contributed by atoms with Crippen molar-refractivity contribution in [3.8, 4) is 0 Å². The van der Waals surface area contributed by atoms with Crippen LogP contribution in [0.25, 0.3) is 0 Å². The molecule has 1 aromatic rings. The van der Waals surface area contributed by atoms with Crippen molar-refractivity contribution < 1.29 is 17.9 Å². The molecule has 0 heterocycles. The topological polar surface area (TPSA) is 24.5 Å². The average molecular weight is 304 g/mol. The van der Waals surface area contributed by atoms with Crippen LogP contribution >= 0.6 is 0 Å². The normalized spacial score (nSPS) is 13.7. The lowest BCUT2D eigenvalue weighted by atomic mass is 10.0. The Hall–Kier alpha value is -1.11. The van der Waals surface area contributed by atoms with Crippen molar-refractivity contribution in [3.63, 3.8) is 0 Å². The summed E-state index contributed by atoms with van der Waals surface area (Å²) in [5, 5.41) is 3.06. The third-order valence-electron chi connectivity index (χ3n) is 3.11. The second kappa shape index (κ2) is 8.36. The summed E-state index contributed by atoms with van der Waals surface area (Å²) in [6.45, 7) is 4.16. The fraction of sp³-hybridized carbons (Fsp3) is 0.600. The molecule has 0 spiro atoms. The highest BCUT2D eigenvalue weighted by Crippen LogP contribution is 2.34. The van der Waals surface area contributed by atoms with E-state index in [-0.39, 0.29) is 11.6 Å². The Morgan fingerprint density at radius 2 is 1.86 bits per heavy atom. The molecule has 6 heteroatoms. The maximum absolute atomic E-state index is 12.9. The van der Waals surface area contributed by atoms with Gasteiger partial charge in [0.2, 0.25) is 0 Å². The lowest BCUT2D eigenvalue weighted by Gasteiger charge is -2.19. The van der Waals surface area contributed by atoms with Crippen LogP contribution in [0, 0.1) is 0 Å². The summed E-state index contributed by atoms with van der Waals surface area (Å²) in [5.74, 6) is 0. The Kier molecular flexibility index (Phi) is 7.14. The molecule has 3 nitrogen and oxygen atoms in total. The third-order valence-corrected chi connectivity index (χ3v) is 3.11. The van der Waals surface area contributed by atoms with Gasteiger partial charge in [0.1, 0.15) is 0 Å². The van der Waals surface area contributed by atoms with Gasteiger partial charge in [0, 0.05) is 19.1 Å². The van der Waals surface area contributed by atoms with E-state index in [9.17, 15) is 13.2 Å². The van der Waals surface area contributed by atoms with Crippen LogP contribution in [-0.4, -0.2) is 45.3 Å². The summed E-state index contributed by atoms with van der Waals surface area (Å²) in [7, 11) is 3.91. The number of halogens is 3. The number of alkyl halides is 3. The minimum absolute atomic E-state index is 0.262. The van der Waals surface area contributed by atoms with Gasteiger partial charge in [-0.2, -0.15) is 13.2 Å². The first-order valence-electron chi connectivity index (χ1n) is 6.94. The van der Waals surface area contributed by atoms with Crippen molar-refractivity contribution in [1.82, 2.24) is 10.2 Å². The van der Waals surface area contributed by atoms with Gasteiger partial charge in [-0.3, -0.25) is 0 Å². The molecule has 0 radical (unpaired) electrons. The van der Waals surface area contributed by atoms with E-state index in [1.54, 1.807) is 13.0 Å². The number of rotatable bonds is 8. The van der Waals surface area contributed by atoms with Crippen LogP contribution in [0.3, 0.4) is 0 Å². The minimum atomic E-state index is -4.32. The molecule has 1 atom stereocenters. The predicted molar refractivity (Wildman–Crippen MR) is 77.2 cm³/mol. The van der Waals surface area contributed by atoms with Crippen LogP contribution in [0.4, 0.5) is 13.2 Å². The van der Waals surface area contributed by atoms with E-state index in [1.165, 1.54) is 12.1 Å². The number of ether oxygens (including phenoxy) is 1. The van der Waals surface area contributed by atoms with Gasteiger partial charge in [-0.15, -0.1) is 0 Å². The molecule has 0 aliphatic heterocycles. The second-order valence-electron chi connectivity index (χ2n) is 5.18. The van der Waals surface area contributed by atoms with Crippen LogP contribution < -0.4 is 5.32 Å². The first kappa shape index (κ1) is 17.9. The number of hydrogen-bond acceptors (Lipinski definition) is 3. The second-order valence-corrected chi connectivity index (χ2v) is 5.18. The summed E-state index contributed by atoms with van der Waals surface area (Å²) in [6, 6.07) is 5.27. The zero-order valence-corrected chi connectivity index (χ0v) is 12.7. The van der Waals surface area contributed by atoms with E-state index < -0.39 is 11.7 Å². The standard InChI is InChI=1S/C15H23F3N2O/c1-12(19-8-10-21-11-9-20(2)3)13-6-4-5-7-14(13)15(16,17)18/h4-7,12,19H,8-11H2,1-3H3. The molecule has 0 aliphatic rings. The quantitative estimate of drug-likeness (QED) is 0.747. The molecule has 21 heavy (non-hydrogen) atoms. The fourth-order valence-corrected chi connectivity index (χ4v) is 1.94. The number of hydrogen-bond donors (Lipinski definition) is 1. The maximum Gasteiger partial charge on any atom is 0.416 e. The number of nitrogens with zero attached hydrogens (tertiary/aromatic N) is 1. The van der Waals surface area contributed by atoms with E-state index >= 15 is 0 Å². The highest BCUT2D eigenvalue weighted by molar-refractivity contribution is 5.31. The molecule has 0 saturated carbocycles. The van der Waals surface area contributed by atoms with Crippen molar-refractivity contribution in [3.05, 3.63) is 35.4 Å². The zero-order valence-electron chi connectivity index (χ0n) is 12.7. The molecule has 0 bridgehead atoms. The highest BCUT2D eigenvalue weighted by atomic mass is 19.4. The first-order valence-corrected chi connectivity index (χ1v) is 6.94. The monoisotopic (exact) mass is 304 g/mol. The Morgan fingerprint density at radius 3 is 2.48 bits per heavy atom. The molecule has 1 rings (SSSR count). The van der Waals surface area contributed by atoms with Crippen molar-refractivity contribution in [2.45, 2.75) is 19.1 Å². The van der Waals surface area contributed by atoms with E-state index in [1.807, 2.05) is 19.0 Å². The van der Waals surface area contributed by atoms with E-state index in [2.05, 4.69) is 5.32 Å². The van der Waals surface area contributed by atoms with Crippen LogP contribution in [-0.2, 0) is 10.9 Å². The molecule has 1 aromatic carbocycles. The summed E-state index contributed by atoms with van der Waals surface area (Å²) in [6.07, 6.45) is -4.32.